The van der Waals surface area contributed by atoms with Gasteiger partial charge in [0.2, 0.25) is 0 Å². The molecule has 0 saturated carbocycles. The van der Waals surface area contributed by atoms with Crippen molar-refractivity contribution in [2.24, 2.45) is 0 Å². The molecule has 0 aliphatic heterocycles. The van der Waals surface area contributed by atoms with Gasteiger partial charge in [0.05, 0.1) is 11.9 Å². The summed E-state index contributed by atoms with van der Waals surface area (Å²) in [5, 5.41) is 0. The van der Waals surface area contributed by atoms with Crippen LogP contribution in [0.2, 0.25) is 0 Å². The monoisotopic (exact) mass is 400 g/mol. The molecule has 0 bridgehead atoms. The van der Waals surface area contributed by atoms with Crippen molar-refractivity contribution in [3.63, 3.8) is 0 Å². The Bertz CT molecular complexity index is 641. The quantitative estimate of drug-likeness (QED) is 0.599. The molecule has 0 aliphatic rings. The van der Waals surface area contributed by atoms with Gasteiger partial charge < -0.3 is 4.74 Å². The molecule has 1 nitrogen and oxygen atoms in total. The molecule has 4 heteroatoms. The van der Waals surface area contributed by atoms with Crippen molar-refractivity contribution in [1.29, 1.82) is 0 Å². The van der Waals surface area contributed by atoms with Crippen LogP contribution in [0.4, 0.5) is 4.39 Å². The maximum Gasteiger partial charge on any atom is 0.128 e. The van der Waals surface area contributed by atoms with Crippen LogP contribution >= 0.6 is 31.9 Å². The van der Waals surface area contributed by atoms with Crippen LogP contribution < -0.4 is 4.74 Å². The third kappa shape index (κ3) is 3.07. The summed E-state index contributed by atoms with van der Waals surface area (Å²) in [7, 11) is 1.62. The molecule has 0 amide bonds. The molecule has 0 aromatic heterocycles. The number of hydrogen-bond acceptors (Lipinski definition) is 1. The number of ether oxygens (including phenoxy) is 1. The van der Waals surface area contributed by atoms with Gasteiger partial charge in [-0.15, -0.1) is 0 Å². The Morgan fingerprint density at radius 3 is 2.40 bits per heavy atom. The van der Waals surface area contributed by atoms with Gasteiger partial charge in [-0.1, -0.05) is 44.0 Å². The van der Waals surface area contributed by atoms with E-state index >= 15 is 0 Å². The van der Waals surface area contributed by atoms with Crippen molar-refractivity contribution in [1.82, 2.24) is 0 Å². The number of halogens is 3. The molecule has 0 radical (unpaired) electrons. The second-order valence-electron chi connectivity index (χ2n) is 4.73. The second kappa shape index (κ2) is 6.27. The topological polar surface area (TPSA) is 9.23 Å². The van der Waals surface area contributed by atoms with Crippen LogP contribution in [0.15, 0.2) is 34.8 Å². The van der Waals surface area contributed by atoms with Gasteiger partial charge in [-0.3, -0.25) is 0 Å². The summed E-state index contributed by atoms with van der Waals surface area (Å²) in [6, 6.07) is 9.16. The highest BCUT2D eigenvalue weighted by Crippen LogP contribution is 2.40. The van der Waals surface area contributed by atoms with Gasteiger partial charge in [0.25, 0.3) is 0 Å². The van der Waals surface area contributed by atoms with Gasteiger partial charge in [-0.2, -0.15) is 0 Å². The molecule has 0 N–H and O–H groups in total. The lowest BCUT2D eigenvalue weighted by molar-refractivity contribution is 0.410. The highest BCUT2D eigenvalue weighted by atomic mass is 79.9. The minimum atomic E-state index is -0.255. The molecule has 0 fully saturated rings. The fourth-order valence-electron chi connectivity index (χ4n) is 2.05. The average molecular weight is 402 g/mol. The predicted octanol–water partition coefficient (Wildman–Crippen LogP) is 5.70. The molecule has 106 valence electrons. The van der Waals surface area contributed by atoms with E-state index in [0.717, 1.165) is 26.9 Å². The molecule has 0 spiro atoms. The van der Waals surface area contributed by atoms with Gasteiger partial charge in [-0.25, -0.2) is 4.39 Å². The first kappa shape index (κ1) is 15.5. The predicted molar refractivity (Wildman–Crippen MR) is 87.3 cm³/mol. The highest BCUT2D eigenvalue weighted by molar-refractivity contribution is 9.10. The lowest BCUT2D eigenvalue weighted by Crippen LogP contribution is -2.01. The Kier molecular flexibility index (Phi) is 4.86. The fraction of sp³-hybridized carbons (Fsp3) is 0.250. The van der Waals surface area contributed by atoms with Crippen LogP contribution in [0, 0.1) is 19.7 Å². The minimum Gasteiger partial charge on any atom is -0.496 e. The number of rotatable bonds is 3. The van der Waals surface area contributed by atoms with E-state index in [1.54, 1.807) is 19.2 Å². The molecule has 2 aromatic carbocycles. The standard InChI is InChI=1S/C16H15Br2FO/c1-9-4-5-11(14(19)6-9)16(18)12-8-13(17)10(2)7-15(12)20-3/h4-8,16H,1-3H3. The lowest BCUT2D eigenvalue weighted by atomic mass is 10.0. The van der Waals surface area contributed by atoms with E-state index in [1.807, 2.05) is 32.0 Å². The van der Waals surface area contributed by atoms with E-state index in [2.05, 4.69) is 31.9 Å². The average Bonchev–Trinajstić information content (AvgIpc) is 2.40. The zero-order valence-electron chi connectivity index (χ0n) is 11.5. The van der Waals surface area contributed by atoms with Crippen molar-refractivity contribution >= 4 is 31.9 Å². The normalized spacial score (nSPS) is 12.3. The molecule has 0 aliphatic carbocycles. The summed E-state index contributed by atoms with van der Waals surface area (Å²) in [5.41, 5.74) is 3.48. The molecule has 2 rings (SSSR count). The third-order valence-electron chi connectivity index (χ3n) is 3.21. The summed E-state index contributed by atoms with van der Waals surface area (Å²) in [6.45, 7) is 3.87. The van der Waals surface area contributed by atoms with Crippen molar-refractivity contribution in [3.05, 3.63) is 62.9 Å². The van der Waals surface area contributed by atoms with Gasteiger partial charge in [-0.05, 0) is 43.2 Å². The van der Waals surface area contributed by atoms with Crippen LogP contribution in [0.1, 0.15) is 27.1 Å². The maximum atomic E-state index is 14.1. The zero-order valence-corrected chi connectivity index (χ0v) is 14.7. The smallest absolute Gasteiger partial charge is 0.128 e. The van der Waals surface area contributed by atoms with E-state index in [9.17, 15) is 4.39 Å². The summed E-state index contributed by atoms with van der Waals surface area (Å²) in [4.78, 5) is -0.255. The Morgan fingerprint density at radius 1 is 1.10 bits per heavy atom. The minimum absolute atomic E-state index is 0.217. The van der Waals surface area contributed by atoms with Gasteiger partial charge >= 0.3 is 0 Å². The Morgan fingerprint density at radius 2 is 1.80 bits per heavy atom. The molecule has 1 atom stereocenters. The number of benzene rings is 2. The van der Waals surface area contributed by atoms with E-state index in [1.165, 1.54) is 0 Å². The van der Waals surface area contributed by atoms with Crippen molar-refractivity contribution in [2.45, 2.75) is 18.7 Å². The zero-order chi connectivity index (χ0) is 14.9. The fourth-order valence-corrected chi connectivity index (χ4v) is 3.14. The first-order valence-corrected chi connectivity index (χ1v) is 7.89. The molecular formula is C16H15Br2FO. The molecule has 2 aromatic rings. The van der Waals surface area contributed by atoms with Crippen LogP contribution in [0.3, 0.4) is 0 Å². The molecule has 0 saturated heterocycles. The largest absolute Gasteiger partial charge is 0.496 e. The molecule has 1 unspecified atom stereocenters. The number of alkyl halides is 1. The lowest BCUT2D eigenvalue weighted by Gasteiger charge is -2.17. The maximum absolute atomic E-state index is 14.1. The SMILES string of the molecule is COc1cc(C)c(Br)cc1C(Br)c1ccc(C)cc1F. The molecular weight excluding hydrogens is 387 g/mol. The molecule has 0 heterocycles. The first-order chi connectivity index (χ1) is 9.43. The molecule has 20 heavy (non-hydrogen) atoms. The Labute approximate surface area is 135 Å². The summed E-state index contributed by atoms with van der Waals surface area (Å²) in [6.07, 6.45) is 0. The summed E-state index contributed by atoms with van der Waals surface area (Å²) in [5.74, 6) is 0.526. The van der Waals surface area contributed by atoms with Gasteiger partial charge in [0.1, 0.15) is 11.6 Å². The van der Waals surface area contributed by atoms with Crippen molar-refractivity contribution in [3.8, 4) is 5.75 Å². The number of hydrogen-bond donors (Lipinski definition) is 0. The van der Waals surface area contributed by atoms with Gasteiger partial charge in [0.15, 0.2) is 0 Å². The second-order valence-corrected chi connectivity index (χ2v) is 6.50. The van der Waals surface area contributed by atoms with Crippen LogP contribution in [-0.2, 0) is 0 Å². The highest BCUT2D eigenvalue weighted by Gasteiger charge is 2.19. The van der Waals surface area contributed by atoms with Crippen LogP contribution in [0.5, 0.6) is 5.75 Å². The van der Waals surface area contributed by atoms with E-state index in [-0.39, 0.29) is 10.6 Å². The first-order valence-electron chi connectivity index (χ1n) is 6.18. The summed E-state index contributed by atoms with van der Waals surface area (Å²) >= 11 is 7.09. The van der Waals surface area contributed by atoms with Crippen molar-refractivity contribution < 1.29 is 9.13 Å². The third-order valence-corrected chi connectivity index (χ3v) is 5.05. The van der Waals surface area contributed by atoms with E-state index in [0.29, 0.717) is 5.56 Å². The van der Waals surface area contributed by atoms with Crippen molar-refractivity contribution in [2.75, 3.05) is 7.11 Å². The summed E-state index contributed by atoms with van der Waals surface area (Å²) < 4.78 is 20.5. The number of aryl methyl sites for hydroxylation is 2. The van der Waals surface area contributed by atoms with E-state index < -0.39 is 0 Å². The Hall–Kier alpha value is -0.870. The van der Waals surface area contributed by atoms with Crippen LogP contribution in [-0.4, -0.2) is 7.11 Å². The van der Waals surface area contributed by atoms with E-state index in [4.69, 9.17) is 4.74 Å². The van der Waals surface area contributed by atoms with Crippen LogP contribution in [0.25, 0.3) is 0 Å². The Balaban J connectivity index is 2.52. The van der Waals surface area contributed by atoms with Gasteiger partial charge in [0, 0.05) is 15.6 Å². The number of methoxy groups -OCH3 is 1.